The second-order valence-corrected chi connectivity index (χ2v) is 9.14. The van der Waals surface area contributed by atoms with Crippen LogP contribution in [-0.2, 0) is 16.4 Å². The molecule has 2 aromatic carbocycles. The van der Waals surface area contributed by atoms with Crippen LogP contribution in [0.5, 0.6) is 17.2 Å². The summed E-state index contributed by atoms with van der Waals surface area (Å²) in [4.78, 5) is -0.134. The molecule has 0 bridgehead atoms. The SMILES string of the molecule is COc1cccc(OC)c1S(=O)(=O)Nc1noc2cc3c(c(OC)c12)CCC3n1cccn1. The Morgan fingerprint density at radius 3 is 2.52 bits per heavy atom. The van der Waals surface area contributed by atoms with E-state index in [4.69, 9.17) is 18.7 Å². The maximum Gasteiger partial charge on any atom is 0.270 e. The van der Waals surface area contributed by atoms with Crippen molar-refractivity contribution in [1.82, 2.24) is 14.9 Å². The summed E-state index contributed by atoms with van der Waals surface area (Å²) in [6.07, 6.45) is 5.24. The second-order valence-electron chi connectivity index (χ2n) is 7.52. The van der Waals surface area contributed by atoms with Gasteiger partial charge in [-0.2, -0.15) is 5.10 Å². The first kappa shape index (κ1) is 21.1. The molecule has 10 nitrogen and oxygen atoms in total. The lowest BCUT2D eigenvalue weighted by Gasteiger charge is -2.15. The van der Waals surface area contributed by atoms with Crippen LogP contribution in [0.2, 0.25) is 0 Å². The summed E-state index contributed by atoms with van der Waals surface area (Å²) in [5, 5.41) is 8.82. The average Bonchev–Trinajstić information content (AvgIpc) is 3.57. The molecule has 0 fully saturated rings. The van der Waals surface area contributed by atoms with Crippen molar-refractivity contribution in [3.05, 3.63) is 53.9 Å². The normalized spacial score (nSPS) is 15.4. The molecule has 0 spiro atoms. The number of fused-ring (bicyclic) bond motifs is 2. The van der Waals surface area contributed by atoms with Gasteiger partial charge in [0.15, 0.2) is 16.3 Å². The minimum Gasteiger partial charge on any atom is -0.496 e. The van der Waals surface area contributed by atoms with Crippen molar-refractivity contribution < 1.29 is 27.2 Å². The molecule has 11 heteroatoms. The number of hydrogen-bond donors (Lipinski definition) is 1. The zero-order valence-electron chi connectivity index (χ0n) is 18.2. The first-order chi connectivity index (χ1) is 16.0. The zero-order valence-corrected chi connectivity index (χ0v) is 19.0. The van der Waals surface area contributed by atoms with E-state index in [1.54, 1.807) is 31.5 Å². The number of nitrogens with zero attached hydrogens (tertiary/aromatic N) is 3. The maximum absolute atomic E-state index is 13.3. The Morgan fingerprint density at radius 2 is 1.88 bits per heavy atom. The fraction of sp³-hybridized carbons (Fsp3) is 0.273. The van der Waals surface area contributed by atoms with Crippen LogP contribution in [0.1, 0.15) is 23.6 Å². The topological polar surface area (TPSA) is 118 Å². The molecular weight excluding hydrogens is 448 g/mol. The highest BCUT2D eigenvalue weighted by molar-refractivity contribution is 7.93. The van der Waals surface area contributed by atoms with Crippen molar-refractivity contribution in [3.8, 4) is 17.2 Å². The lowest BCUT2D eigenvalue weighted by molar-refractivity contribution is 0.373. The Morgan fingerprint density at radius 1 is 1.12 bits per heavy atom. The Kier molecular flexibility index (Phi) is 5.12. The molecule has 1 aliphatic carbocycles. The maximum atomic E-state index is 13.3. The van der Waals surface area contributed by atoms with Gasteiger partial charge in [0.2, 0.25) is 0 Å². The minimum atomic E-state index is -4.14. The van der Waals surface area contributed by atoms with Gasteiger partial charge in [-0.05, 0) is 42.7 Å². The molecule has 172 valence electrons. The molecule has 0 amide bonds. The summed E-state index contributed by atoms with van der Waals surface area (Å²) in [5.41, 5.74) is 2.40. The van der Waals surface area contributed by atoms with Gasteiger partial charge in [-0.15, -0.1) is 0 Å². The minimum absolute atomic E-state index is 0.0279. The molecule has 1 aliphatic rings. The molecule has 0 aliphatic heterocycles. The predicted molar refractivity (Wildman–Crippen MR) is 120 cm³/mol. The van der Waals surface area contributed by atoms with E-state index >= 15 is 0 Å². The number of nitrogens with one attached hydrogen (secondary N) is 1. The van der Waals surface area contributed by atoms with Crippen molar-refractivity contribution >= 4 is 26.8 Å². The van der Waals surface area contributed by atoms with Crippen molar-refractivity contribution in [3.63, 3.8) is 0 Å². The Balaban J connectivity index is 1.62. The highest BCUT2D eigenvalue weighted by Gasteiger charge is 2.33. The van der Waals surface area contributed by atoms with Crippen molar-refractivity contribution in [2.75, 3.05) is 26.1 Å². The van der Waals surface area contributed by atoms with E-state index in [0.717, 1.165) is 24.0 Å². The summed E-state index contributed by atoms with van der Waals surface area (Å²) in [6.45, 7) is 0. The van der Waals surface area contributed by atoms with Crippen LogP contribution in [0, 0.1) is 0 Å². The largest absolute Gasteiger partial charge is 0.496 e. The number of benzene rings is 2. The molecule has 1 atom stereocenters. The quantitative estimate of drug-likeness (QED) is 0.437. The van der Waals surface area contributed by atoms with Crippen LogP contribution in [-0.4, -0.2) is 44.7 Å². The van der Waals surface area contributed by atoms with Gasteiger partial charge >= 0.3 is 0 Å². The summed E-state index contributed by atoms with van der Waals surface area (Å²) in [7, 11) is 0.190. The van der Waals surface area contributed by atoms with Gasteiger partial charge in [0.1, 0.15) is 22.6 Å². The van der Waals surface area contributed by atoms with E-state index in [2.05, 4.69) is 15.0 Å². The van der Waals surface area contributed by atoms with E-state index in [0.29, 0.717) is 16.7 Å². The molecule has 5 rings (SSSR count). The number of anilines is 1. The summed E-state index contributed by atoms with van der Waals surface area (Å²) >= 11 is 0. The predicted octanol–water partition coefficient (Wildman–Crippen LogP) is 3.39. The number of hydrogen-bond acceptors (Lipinski definition) is 8. The van der Waals surface area contributed by atoms with E-state index in [-0.39, 0.29) is 28.3 Å². The third-order valence-electron chi connectivity index (χ3n) is 5.81. The van der Waals surface area contributed by atoms with Crippen LogP contribution in [0.3, 0.4) is 0 Å². The molecule has 0 saturated carbocycles. The van der Waals surface area contributed by atoms with Crippen molar-refractivity contribution in [1.29, 1.82) is 0 Å². The Hall–Kier alpha value is -3.73. The Labute approximate surface area is 190 Å². The zero-order chi connectivity index (χ0) is 23.2. The number of ether oxygens (including phenoxy) is 3. The summed E-state index contributed by atoms with van der Waals surface area (Å²) in [5.74, 6) is 0.845. The third kappa shape index (κ3) is 3.35. The molecule has 2 aromatic heterocycles. The molecule has 33 heavy (non-hydrogen) atoms. The first-order valence-electron chi connectivity index (χ1n) is 10.2. The third-order valence-corrected chi connectivity index (χ3v) is 7.21. The van der Waals surface area contributed by atoms with Gasteiger partial charge in [-0.3, -0.25) is 9.40 Å². The van der Waals surface area contributed by atoms with Gasteiger partial charge in [0.25, 0.3) is 10.0 Å². The second kappa shape index (κ2) is 8.00. The molecule has 1 N–H and O–H groups in total. The van der Waals surface area contributed by atoms with Crippen LogP contribution in [0.4, 0.5) is 5.82 Å². The average molecular weight is 471 g/mol. The van der Waals surface area contributed by atoms with Gasteiger partial charge in [0.05, 0.1) is 27.4 Å². The summed E-state index contributed by atoms with van der Waals surface area (Å²) < 4.78 is 52.9. The van der Waals surface area contributed by atoms with E-state index in [1.165, 1.54) is 14.2 Å². The molecule has 1 unspecified atom stereocenters. The van der Waals surface area contributed by atoms with Gasteiger partial charge in [-0.1, -0.05) is 11.2 Å². The number of aromatic nitrogens is 3. The number of rotatable bonds is 7. The Bertz CT molecular complexity index is 1410. The molecular formula is C22H22N4O6S. The number of sulfonamides is 1. The van der Waals surface area contributed by atoms with Gasteiger partial charge < -0.3 is 18.7 Å². The number of methoxy groups -OCH3 is 3. The van der Waals surface area contributed by atoms with Crippen LogP contribution in [0.15, 0.2) is 52.1 Å². The molecule has 2 heterocycles. The van der Waals surface area contributed by atoms with Gasteiger partial charge in [0, 0.05) is 18.0 Å². The monoisotopic (exact) mass is 470 g/mol. The van der Waals surface area contributed by atoms with E-state index in [1.807, 2.05) is 23.0 Å². The fourth-order valence-corrected chi connectivity index (χ4v) is 5.75. The van der Waals surface area contributed by atoms with E-state index in [9.17, 15) is 8.42 Å². The van der Waals surface area contributed by atoms with Crippen LogP contribution in [0.25, 0.3) is 11.0 Å². The molecule has 4 aromatic rings. The molecule has 0 radical (unpaired) electrons. The molecule has 0 saturated heterocycles. The van der Waals surface area contributed by atoms with Gasteiger partial charge in [-0.25, -0.2) is 8.42 Å². The van der Waals surface area contributed by atoms with Crippen LogP contribution < -0.4 is 18.9 Å². The smallest absolute Gasteiger partial charge is 0.270 e. The lowest BCUT2D eigenvalue weighted by Crippen LogP contribution is -2.16. The van der Waals surface area contributed by atoms with Crippen molar-refractivity contribution in [2.24, 2.45) is 0 Å². The summed E-state index contributed by atoms with van der Waals surface area (Å²) in [6, 6.07) is 8.52. The van der Waals surface area contributed by atoms with Crippen LogP contribution >= 0.6 is 0 Å². The fourth-order valence-electron chi connectivity index (χ4n) is 4.42. The first-order valence-corrected chi connectivity index (χ1v) is 11.7. The van der Waals surface area contributed by atoms with E-state index < -0.39 is 10.0 Å². The van der Waals surface area contributed by atoms with Crippen molar-refractivity contribution in [2.45, 2.75) is 23.8 Å². The highest BCUT2D eigenvalue weighted by atomic mass is 32.2. The standard InChI is InChI=1S/C22H22N4O6S/c1-29-16-6-4-7-17(30-2)21(16)33(27,28)25-22-19-18(32-24-22)12-14-13(20(19)31-3)8-9-15(14)26-11-5-10-23-26/h4-7,10-12,15H,8-9H2,1-3H3,(H,24,25). The highest BCUT2D eigenvalue weighted by Crippen LogP contribution is 2.46. The lowest BCUT2D eigenvalue weighted by atomic mass is 10.0.